The van der Waals surface area contributed by atoms with E-state index < -0.39 is 0 Å². The zero-order chi connectivity index (χ0) is 26.6. The van der Waals surface area contributed by atoms with Gasteiger partial charge in [-0.15, -0.1) is 0 Å². The lowest BCUT2D eigenvalue weighted by molar-refractivity contribution is -0.142. The Morgan fingerprint density at radius 3 is 2.11 bits per heavy atom. The minimum Gasteiger partial charge on any atom is -0.379 e. The number of nitrogens with one attached hydrogen (secondary N) is 1. The van der Waals surface area contributed by atoms with Crippen LogP contribution >= 0.6 is 21.6 Å². The quantitative estimate of drug-likeness (QED) is 0.126. The molecule has 1 aromatic rings. The zero-order valence-electron chi connectivity index (χ0n) is 20.9. The van der Waals surface area contributed by atoms with Crippen molar-refractivity contribution in [2.75, 3.05) is 71.7 Å². The number of hydrogen-bond acceptors (Lipinski definition) is 11. The minimum atomic E-state index is -0.289. The Balaban J connectivity index is 1.26. The molecule has 37 heavy (non-hydrogen) atoms. The molecule has 11 nitrogen and oxygen atoms in total. The standard InChI is InChI=1S/C24H35N3O8S2/c28-20(19-27-23(30)4-5-24(27)31)6-10-32-12-14-34-16-17-35-15-13-33-11-9-25-21(29)7-18-36-37-22-3-1-2-8-26-22/h1-3,8H,4-7,9-19H2,(H,25,29). The molecule has 0 unspecified atom stereocenters. The SMILES string of the molecule is O=C(CCOCCOCCOCCOCCNC(=O)CCSSc1ccccn1)CN1C(=O)CCC1=O. The van der Waals surface area contributed by atoms with Crippen LogP contribution in [0.15, 0.2) is 29.4 Å². The van der Waals surface area contributed by atoms with Crippen LogP contribution in [0.5, 0.6) is 0 Å². The molecule has 0 radical (unpaired) electrons. The first-order chi connectivity index (χ1) is 18.1. The second kappa shape index (κ2) is 20.0. The summed E-state index contributed by atoms with van der Waals surface area (Å²) < 4.78 is 21.6. The molecule has 0 spiro atoms. The summed E-state index contributed by atoms with van der Waals surface area (Å²) >= 11 is 0. The van der Waals surface area contributed by atoms with E-state index in [1.807, 2.05) is 18.2 Å². The summed E-state index contributed by atoms with van der Waals surface area (Å²) in [7, 11) is 3.16. The highest BCUT2D eigenvalue weighted by Gasteiger charge is 2.30. The molecule has 3 amide bonds. The second-order valence-electron chi connectivity index (χ2n) is 7.79. The molecule has 2 heterocycles. The summed E-state index contributed by atoms with van der Waals surface area (Å²) in [6.45, 7) is 3.33. The van der Waals surface area contributed by atoms with Crippen LogP contribution in [0.1, 0.15) is 25.7 Å². The van der Waals surface area contributed by atoms with Gasteiger partial charge in [0, 0.05) is 44.2 Å². The van der Waals surface area contributed by atoms with Gasteiger partial charge in [-0.3, -0.25) is 24.1 Å². The number of carbonyl (C=O) groups excluding carboxylic acids is 4. The molecule has 0 aliphatic carbocycles. The number of nitrogens with zero attached hydrogens (tertiary/aromatic N) is 2. The van der Waals surface area contributed by atoms with Gasteiger partial charge in [0.25, 0.3) is 0 Å². The van der Waals surface area contributed by atoms with Crippen LogP contribution in [0.4, 0.5) is 0 Å². The van der Waals surface area contributed by atoms with Gasteiger partial charge in [0.2, 0.25) is 17.7 Å². The van der Waals surface area contributed by atoms with Crippen LogP contribution in [-0.2, 0) is 38.1 Å². The molecule has 0 saturated carbocycles. The first-order valence-electron chi connectivity index (χ1n) is 12.2. The maximum absolute atomic E-state index is 11.8. The van der Waals surface area contributed by atoms with Crippen LogP contribution in [0.25, 0.3) is 0 Å². The lowest BCUT2D eigenvalue weighted by Crippen LogP contribution is -2.34. The molecule has 2 rings (SSSR count). The number of amides is 3. The first kappa shape index (κ1) is 31.2. The molecule has 1 aromatic heterocycles. The largest absolute Gasteiger partial charge is 0.379 e. The lowest BCUT2D eigenvalue weighted by Gasteiger charge is -2.12. The van der Waals surface area contributed by atoms with Crippen molar-refractivity contribution >= 4 is 45.1 Å². The zero-order valence-corrected chi connectivity index (χ0v) is 22.5. The fraction of sp³-hybridized carbons (Fsp3) is 0.625. The predicted molar refractivity (Wildman–Crippen MR) is 139 cm³/mol. The average Bonchev–Trinajstić information content (AvgIpc) is 3.21. The topological polar surface area (TPSA) is 133 Å². The number of hydrogen-bond donors (Lipinski definition) is 1. The Morgan fingerprint density at radius 1 is 0.865 bits per heavy atom. The summed E-state index contributed by atoms with van der Waals surface area (Å²) in [5.74, 6) is -0.0718. The van der Waals surface area contributed by atoms with Gasteiger partial charge in [-0.1, -0.05) is 16.9 Å². The predicted octanol–water partition coefficient (Wildman–Crippen LogP) is 1.50. The third-order valence-electron chi connectivity index (χ3n) is 4.89. The maximum atomic E-state index is 11.8. The minimum absolute atomic E-state index is 0.00300. The van der Waals surface area contributed by atoms with E-state index in [2.05, 4.69) is 10.3 Å². The molecule has 0 bridgehead atoms. The first-order valence-corrected chi connectivity index (χ1v) is 14.5. The highest BCUT2D eigenvalue weighted by atomic mass is 33.1. The number of imide groups is 1. The third kappa shape index (κ3) is 15.1. The van der Waals surface area contributed by atoms with Crippen LogP contribution in [0.2, 0.25) is 0 Å². The third-order valence-corrected chi connectivity index (χ3v) is 7.16. The molecule has 0 atom stereocenters. The number of carbonyl (C=O) groups is 4. The second-order valence-corrected chi connectivity index (χ2v) is 10.2. The Hall–Kier alpha value is -2.03. The van der Waals surface area contributed by atoms with Crippen molar-refractivity contribution in [2.24, 2.45) is 0 Å². The van der Waals surface area contributed by atoms with Gasteiger partial charge in [-0.05, 0) is 22.9 Å². The molecule has 0 aromatic carbocycles. The van der Waals surface area contributed by atoms with Crippen molar-refractivity contribution in [3.63, 3.8) is 0 Å². The van der Waals surface area contributed by atoms with Crippen molar-refractivity contribution in [2.45, 2.75) is 30.7 Å². The van der Waals surface area contributed by atoms with E-state index in [0.717, 1.165) is 9.93 Å². The monoisotopic (exact) mass is 557 g/mol. The smallest absolute Gasteiger partial charge is 0.230 e. The lowest BCUT2D eigenvalue weighted by atomic mass is 10.3. The fourth-order valence-electron chi connectivity index (χ4n) is 2.99. The molecule has 1 aliphatic rings. The van der Waals surface area contributed by atoms with Crippen molar-refractivity contribution < 1.29 is 38.1 Å². The van der Waals surface area contributed by atoms with Crippen LogP contribution < -0.4 is 5.32 Å². The normalized spacial score (nSPS) is 13.4. The Bertz CT molecular complexity index is 815. The van der Waals surface area contributed by atoms with Gasteiger partial charge in [-0.25, -0.2) is 4.98 Å². The number of likely N-dealkylation sites (tertiary alicyclic amines) is 1. The van der Waals surface area contributed by atoms with Crippen LogP contribution in [-0.4, -0.2) is 105 Å². The number of rotatable bonds is 22. The van der Waals surface area contributed by atoms with E-state index >= 15 is 0 Å². The summed E-state index contributed by atoms with van der Waals surface area (Å²) in [5, 5.41) is 3.75. The van der Waals surface area contributed by atoms with Crippen molar-refractivity contribution in [1.82, 2.24) is 15.2 Å². The van der Waals surface area contributed by atoms with Crippen molar-refractivity contribution in [3.05, 3.63) is 24.4 Å². The number of aromatic nitrogens is 1. The van der Waals surface area contributed by atoms with Gasteiger partial charge in [0.05, 0.1) is 59.4 Å². The number of pyridine rings is 1. The average molecular weight is 558 g/mol. The van der Waals surface area contributed by atoms with Crippen LogP contribution in [0.3, 0.4) is 0 Å². The van der Waals surface area contributed by atoms with Crippen molar-refractivity contribution in [3.8, 4) is 0 Å². The van der Waals surface area contributed by atoms with Gasteiger partial charge >= 0.3 is 0 Å². The molecule has 1 fully saturated rings. The van der Waals surface area contributed by atoms with Crippen molar-refractivity contribution in [1.29, 1.82) is 0 Å². The van der Waals surface area contributed by atoms with Gasteiger partial charge in [-0.2, -0.15) is 0 Å². The fourth-order valence-corrected chi connectivity index (χ4v) is 4.86. The molecule has 1 saturated heterocycles. The number of Topliss-reactive ketones (excluding diaryl/α,β-unsaturated/α-hetero) is 1. The van der Waals surface area contributed by atoms with Crippen LogP contribution in [0, 0.1) is 0 Å². The van der Waals surface area contributed by atoms with E-state index in [4.69, 9.17) is 18.9 Å². The van der Waals surface area contributed by atoms with Gasteiger partial charge in [0.1, 0.15) is 5.03 Å². The van der Waals surface area contributed by atoms with E-state index in [9.17, 15) is 19.2 Å². The Labute approximate surface area is 225 Å². The van der Waals surface area contributed by atoms with E-state index in [0.29, 0.717) is 65.0 Å². The Kier molecular flexibility index (Phi) is 16.9. The highest BCUT2D eigenvalue weighted by molar-refractivity contribution is 8.76. The molecule has 206 valence electrons. The molecule has 13 heteroatoms. The van der Waals surface area contributed by atoms with Gasteiger partial charge in [0.15, 0.2) is 5.78 Å². The molecular weight excluding hydrogens is 522 g/mol. The summed E-state index contributed by atoms with van der Waals surface area (Å²) in [6, 6.07) is 5.74. The van der Waals surface area contributed by atoms with E-state index in [-0.39, 0.29) is 55.9 Å². The summed E-state index contributed by atoms with van der Waals surface area (Å²) in [5.41, 5.74) is 0. The molecule has 1 N–H and O–H groups in total. The highest BCUT2D eigenvalue weighted by Crippen LogP contribution is 2.29. The molecule has 1 aliphatic heterocycles. The van der Waals surface area contributed by atoms with Gasteiger partial charge < -0.3 is 24.3 Å². The van der Waals surface area contributed by atoms with E-state index in [1.165, 1.54) is 0 Å². The number of ketones is 1. The van der Waals surface area contributed by atoms with E-state index in [1.54, 1.807) is 27.8 Å². The summed E-state index contributed by atoms with van der Waals surface area (Å²) in [6.07, 6.45) is 2.71. The number of ether oxygens (including phenoxy) is 4. The Morgan fingerprint density at radius 2 is 1.49 bits per heavy atom. The summed E-state index contributed by atoms with van der Waals surface area (Å²) in [4.78, 5) is 51.8. The maximum Gasteiger partial charge on any atom is 0.230 e. The molecular formula is C24H35N3O8S2.